The van der Waals surface area contributed by atoms with Crippen LogP contribution in [0.5, 0.6) is 0 Å². The van der Waals surface area contributed by atoms with Crippen LogP contribution in [-0.4, -0.2) is 80.5 Å². The molecule has 4 heterocycles. The van der Waals surface area contributed by atoms with Gasteiger partial charge >= 0.3 is 0 Å². The van der Waals surface area contributed by atoms with Gasteiger partial charge in [0.25, 0.3) is 0 Å². The molecule has 1 aliphatic carbocycles. The van der Waals surface area contributed by atoms with Crippen molar-refractivity contribution in [2.75, 3.05) is 46.0 Å². The minimum absolute atomic E-state index is 0.421. The van der Waals surface area contributed by atoms with Crippen molar-refractivity contribution in [3.63, 3.8) is 0 Å². The van der Waals surface area contributed by atoms with Crippen LogP contribution < -0.4 is 0 Å². The summed E-state index contributed by atoms with van der Waals surface area (Å²) in [6.45, 7) is 34.5. The van der Waals surface area contributed by atoms with Crippen molar-refractivity contribution in [2.24, 2.45) is 56.7 Å². The van der Waals surface area contributed by atoms with Crippen LogP contribution in [0.1, 0.15) is 239 Å². The first-order chi connectivity index (χ1) is 29.4. The molecule has 4 saturated heterocycles. The first-order valence-corrected chi connectivity index (χ1v) is 34.4. The number of hydrogen-bond donors (Lipinski definition) is 0. The van der Waals surface area contributed by atoms with Crippen molar-refractivity contribution in [1.82, 2.24) is 0 Å². The molecule has 65 heavy (non-hydrogen) atoms. The van der Waals surface area contributed by atoms with Crippen LogP contribution >= 0.6 is 0 Å². The molecule has 5 aliphatic rings. The van der Waals surface area contributed by atoms with Crippen LogP contribution in [-0.2, 0) is 39.4 Å². The first kappa shape index (κ1) is 63.2. The monoisotopic (exact) mass is 991 g/mol. The Kier molecular flexibility index (Phi) is 27.5. The summed E-state index contributed by atoms with van der Waals surface area (Å²) in [5.41, 5.74) is 2.31. The largest absolute Gasteiger partial charge is 0.268 e. The van der Waals surface area contributed by atoms with Gasteiger partial charge < -0.3 is 0 Å². The van der Waals surface area contributed by atoms with E-state index in [1.165, 1.54) is 103 Å². The number of hydrogen-bond acceptors (Lipinski definition) is 4. The van der Waals surface area contributed by atoms with E-state index >= 15 is 0 Å². The zero-order valence-electron chi connectivity index (χ0n) is 46.3. The zero-order chi connectivity index (χ0) is 50.0. The third kappa shape index (κ3) is 36.8. The molecule has 2 unspecified atom stereocenters. The van der Waals surface area contributed by atoms with Crippen molar-refractivity contribution in [3.05, 3.63) is 0 Å². The summed E-state index contributed by atoms with van der Waals surface area (Å²) < 4.78 is 46.0. The molecule has 0 N–H and O–H groups in total. The van der Waals surface area contributed by atoms with Gasteiger partial charge in [-0.3, -0.25) is 16.8 Å². The van der Waals surface area contributed by atoms with Crippen molar-refractivity contribution in [1.29, 1.82) is 0 Å². The average molecular weight is 992 g/mol. The molecule has 0 aromatic rings. The van der Waals surface area contributed by atoms with E-state index in [1.807, 2.05) is 0 Å². The Morgan fingerprint density at radius 3 is 1.00 bits per heavy atom. The zero-order valence-corrected chi connectivity index (χ0v) is 49.5. The summed E-state index contributed by atoms with van der Waals surface area (Å²) in [4.78, 5) is 0. The molecule has 0 radical (unpaired) electrons. The normalized spacial score (nSPS) is 31.6. The Bertz CT molecular complexity index is 1600. The van der Waals surface area contributed by atoms with Crippen LogP contribution in [0.4, 0.5) is 0 Å². The van der Waals surface area contributed by atoms with E-state index in [9.17, 15) is 16.8 Å². The van der Waals surface area contributed by atoms with Gasteiger partial charge in [-0.15, -0.1) is 0 Å². The molecule has 0 spiro atoms. The smallest absolute Gasteiger partial charge is 0.0237 e. The Morgan fingerprint density at radius 1 is 0.385 bits per heavy atom. The fourth-order valence-corrected chi connectivity index (χ4v) is 16.7. The molecule has 5 fully saturated rings. The van der Waals surface area contributed by atoms with E-state index in [-0.39, 0.29) is 0 Å². The summed E-state index contributed by atoms with van der Waals surface area (Å²) in [6.07, 6.45) is 27.4. The third-order valence-electron chi connectivity index (χ3n) is 14.4. The van der Waals surface area contributed by atoms with Gasteiger partial charge in [-0.05, 0) is 206 Å². The predicted molar refractivity (Wildman–Crippen MR) is 305 cm³/mol. The second-order valence-corrected chi connectivity index (χ2v) is 38.0. The van der Waals surface area contributed by atoms with Gasteiger partial charge in [0.2, 0.25) is 0 Å². The lowest BCUT2D eigenvalue weighted by atomic mass is 9.81. The van der Waals surface area contributed by atoms with Crippen LogP contribution in [0, 0.1) is 56.7 Å². The highest BCUT2D eigenvalue weighted by molar-refractivity contribution is 8.01. The van der Waals surface area contributed by atoms with Crippen LogP contribution in [0.3, 0.4) is 0 Å². The maximum absolute atomic E-state index is 11.6. The van der Waals surface area contributed by atoms with Gasteiger partial charge in [-0.2, -0.15) is 0 Å². The van der Waals surface area contributed by atoms with Crippen LogP contribution in [0.15, 0.2) is 0 Å². The molecule has 4 aliphatic heterocycles. The van der Waals surface area contributed by atoms with E-state index in [1.54, 1.807) is 0 Å². The maximum atomic E-state index is 11.6. The lowest BCUT2D eigenvalue weighted by molar-refractivity contribution is 0.274. The fourth-order valence-electron chi connectivity index (χ4n) is 9.74. The average Bonchev–Trinajstić information content (AvgIpc) is 3.51. The van der Waals surface area contributed by atoms with Gasteiger partial charge in [0.1, 0.15) is 0 Å². The molecule has 2 atom stereocenters. The maximum Gasteiger partial charge on any atom is 0.0237 e. The van der Waals surface area contributed by atoms with E-state index in [4.69, 9.17) is 0 Å². The minimum Gasteiger partial charge on any atom is -0.268 e. The Morgan fingerprint density at radius 2 is 0.677 bits per heavy atom. The van der Waals surface area contributed by atoms with Crippen molar-refractivity contribution in [3.8, 4) is 0 Å². The van der Waals surface area contributed by atoms with E-state index < -0.39 is 39.4 Å². The van der Waals surface area contributed by atoms with E-state index in [2.05, 4.69) is 121 Å². The molecular formula is C57H114O4S4. The van der Waals surface area contributed by atoms with E-state index in [0.29, 0.717) is 33.0 Å². The van der Waals surface area contributed by atoms with E-state index in [0.717, 1.165) is 102 Å². The minimum atomic E-state index is -1.67. The summed E-state index contributed by atoms with van der Waals surface area (Å²) in [5, 5.41) is 0. The fraction of sp³-hybridized carbons (Fsp3) is 0.947. The summed E-state index contributed by atoms with van der Waals surface area (Å²) >= 11 is 0. The lowest BCUT2D eigenvalue weighted by Crippen LogP contribution is -2.25. The molecule has 5 rings (SSSR count). The Balaban J connectivity index is 0.000000407. The quantitative estimate of drug-likeness (QED) is 0.216. The number of rotatable bonds is 9. The molecule has 0 amide bonds. The van der Waals surface area contributed by atoms with Crippen LogP contribution in [0.25, 0.3) is 0 Å². The highest BCUT2D eigenvalue weighted by atomic mass is 32.2. The second-order valence-electron chi connectivity index (χ2n) is 28.1. The van der Waals surface area contributed by atoms with Gasteiger partial charge in [-0.1, -0.05) is 136 Å². The predicted octanol–water partition coefficient (Wildman–Crippen LogP) is 15.4. The second kappa shape index (κ2) is 28.3. The molecule has 390 valence electrons. The van der Waals surface area contributed by atoms with Gasteiger partial charge in [-0.25, -0.2) is 0 Å². The van der Waals surface area contributed by atoms with Gasteiger partial charge in [0, 0.05) is 56.8 Å². The summed E-state index contributed by atoms with van der Waals surface area (Å²) in [6, 6.07) is 0. The lowest BCUT2D eigenvalue weighted by Gasteiger charge is -2.30. The van der Waals surface area contributed by atoms with Crippen molar-refractivity contribution in [2.45, 2.75) is 239 Å². The van der Waals surface area contributed by atoms with Gasteiger partial charge in [0.05, 0.1) is 0 Å². The highest BCUT2D eigenvalue weighted by Gasteiger charge is 2.27. The van der Waals surface area contributed by atoms with Crippen LogP contribution in [0.2, 0.25) is 0 Å². The Labute approximate surface area is 412 Å². The molecule has 0 aromatic heterocycles. The van der Waals surface area contributed by atoms with Crippen molar-refractivity contribution >= 4 is 57.0 Å². The Hall–Kier alpha value is 0.210. The molecule has 0 aromatic carbocycles. The topological polar surface area (TPSA) is 68.3 Å². The van der Waals surface area contributed by atoms with Gasteiger partial charge in [0.15, 0.2) is 0 Å². The highest BCUT2D eigenvalue weighted by Crippen LogP contribution is 2.34. The first-order valence-electron chi connectivity index (χ1n) is 26.7. The molecular weight excluding hydrogens is 877 g/mol. The summed E-state index contributed by atoms with van der Waals surface area (Å²) in [7, 11) is -5.49. The molecule has 0 bridgehead atoms. The molecule has 8 heteroatoms. The SMILES string of the molecule is C=S1(=O)CCC(CC(C)(C)C)CC1.C=S1(=O)CCC(CCC(C)(C)C)C1.C=S1(=O)CCC(CCC(C)(C)C)CC1.CC(C)(C)CCC1CCCCC1.CC(C)(C)CCC1CCS(=O)CC1. The summed E-state index contributed by atoms with van der Waals surface area (Å²) in [5.74, 6) is 22.7. The standard InChI is InChI=1S/C12H24OS.C12H24.3C11H22OS/c1-12(2,3)8-5-11-6-9-14(4,13)10-7-11;1-12(2,3)10-9-11-7-5-4-6-8-11;1-11(2,3)9-10-5-7-13(4,12)8-6-10;1-11(2,3)7-5-10-6-8-13(4,12)9-10;1-11(2,3)7-4-10-5-8-13(12)9-6-10/h11H,4-10H2,1-3H3;11H,4-10H2,1-3H3;3*10H,4-9H2,1-3H3. The van der Waals surface area contributed by atoms with Crippen molar-refractivity contribution < 1.29 is 16.8 Å². The third-order valence-corrected chi connectivity index (χ3v) is 21.7. The molecule has 4 nitrogen and oxygen atoms in total. The molecule has 1 saturated carbocycles.